The first kappa shape index (κ1) is 23.3. The number of hydrogen-bond donors (Lipinski definition) is 0. The van der Waals surface area contributed by atoms with Gasteiger partial charge in [-0.05, 0) is 32.4 Å². The smallest absolute Gasteiger partial charge is 0.267 e. The average molecular weight is 357 g/mol. The van der Waals surface area contributed by atoms with Gasteiger partial charge >= 0.3 is 0 Å². The second-order valence-corrected chi connectivity index (χ2v) is 4.89. The van der Waals surface area contributed by atoms with Gasteiger partial charge in [0.05, 0.1) is 23.5 Å². The Morgan fingerprint density at radius 1 is 1.23 bits per heavy atom. The van der Waals surface area contributed by atoms with E-state index in [0.717, 1.165) is 16.8 Å². The molecule has 0 unspecified atom stereocenters. The van der Waals surface area contributed by atoms with Gasteiger partial charge in [-0.15, -0.1) is 0 Å². The van der Waals surface area contributed by atoms with Gasteiger partial charge in [-0.25, -0.2) is 4.68 Å². The summed E-state index contributed by atoms with van der Waals surface area (Å²) in [7, 11) is 0. The largest absolute Gasteiger partial charge is 0.361 e. The van der Waals surface area contributed by atoms with Crippen LogP contribution in [0.4, 0.5) is 0 Å². The zero-order valence-corrected chi connectivity index (χ0v) is 17.0. The highest BCUT2D eigenvalue weighted by atomic mass is 16.5. The predicted molar refractivity (Wildman–Crippen MR) is 109 cm³/mol. The topological polar surface area (TPSA) is 60.9 Å². The maximum atomic E-state index is 12.0. The third-order valence-corrected chi connectivity index (χ3v) is 3.20. The molecule has 0 radical (unpaired) electrons. The molecule has 0 aliphatic rings. The lowest BCUT2D eigenvalue weighted by atomic mass is 10.1. The summed E-state index contributed by atoms with van der Waals surface area (Å²) in [6.45, 7) is 17.7. The number of rotatable bonds is 5. The highest BCUT2D eigenvalue weighted by Crippen LogP contribution is 2.23. The van der Waals surface area contributed by atoms with E-state index in [1.54, 1.807) is 12.1 Å². The highest BCUT2D eigenvalue weighted by Gasteiger charge is 2.14. The molecule has 0 fully saturated rings. The first-order valence-corrected chi connectivity index (χ1v) is 9.02. The fourth-order valence-corrected chi connectivity index (χ4v) is 2.24. The summed E-state index contributed by atoms with van der Waals surface area (Å²) in [6, 6.07) is 3.20. The fraction of sp³-hybridized carbons (Fsp3) is 0.381. The Morgan fingerprint density at radius 2 is 1.88 bits per heavy atom. The van der Waals surface area contributed by atoms with Crippen molar-refractivity contribution in [2.75, 3.05) is 0 Å². The Morgan fingerprint density at radius 3 is 2.38 bits per heavy atom. The first-order valence-electron chi connectivity index (χ1n) is 9.02. The van der Waals surface area contributed by atoms with Gasteiger partial charge in [0.1, 0.15) is 5.76 Å². The number of hydrogen-bond acceptors (Lipinski definition) is 4. The van der Waals surface area contributed by atoms with E-state index in [9.17, 15) is 4.79 Å². The van der Waals surface area contributed by atoms with Crippen LogP contribution in [-0.4, -0.2) is 14.9 Å². The zero-order valence-electron chi connectivity index (χ0n) is 17.0. The lowest BCUT2D eigenvalue weighted by Crippen LogP contribution is -2.23. The first-order chi connectivity index (χ1) is 12.6. The molecule has 0 bridgehead atoms. The van der Waals surface area contributed by atoms with E-state index in [2.05, 4.69) is 16.8 Å². The Balaban J connectivity index is 0.00000146. The maximum Gasteiger partial charge on any atom is 0.267 e. The summed E-state index contributed by atoms with van der Waals surface area (Å²) in [5.74, 6) is 0.686. The van der Waals surface area contributed by atoms with Gasteiger partial charge in [0.2, 0.25) is 0 Å². The van der Waals surface area contributed by atoms with E-state index in [4.69, 9.17) is 4.52 Å². The molecule has 0 atom stereocenters. The molecular formula is C21H31N3O2. The summed E-state index contributed by atoms with van der Waals surface area (Å²) >= 11 is 0. The molecule has 0 saturated heterocycles. The van der Waals surface area contributed by atoms with Crippen LogP contribution in [0.3, 0.4) is 0 Å². The number of aryl methyl sites for hydroxylation is 2. The van der Waals surface area contributed by atoms with E-state index >= 15 is 0 Å². The average Bonchev–Trinajstić information content (AvgIpc) is 2.99. The molecule has 0 N–H and O–H groups in total. The van der Waals surface area contributed by atoms with E-state index in [1.165, 1.54) is 10.7 Å². The molecule has 0 amide bonds. The highest BCUT2D eigenvalue weighted by molar-refractivity contribution is 5.62. The van der Waals surface area contributed by atoms with Crippen LogP contribution in [0, 0.1) is 13.8 Å². The molecule has 5 nitrogen and oxygen atoms in total. The van der Waals surface area contributed by atoms with E-state index in [0.29, 0.717) is 18.0 Å². The van der Waals surface area contributed by atoms with Crippen LogP contribution >= 0.6 is 0 Å². The molecular weight excluding hydrogens is 326 g/mol. The van der Waals surface area contributed by atoms with Crippen molar-refractivity contribution < 1.29 is 4.52 Å². The summed E-state index contributed by atoms with van der Waals surface area (Å²) in [6.07, 6.45) is 7.39. The van der Waals surface area contributed by atoms with Crippen LogP contribution in [0.1, 0.15) is 46.1 Å². The Kier molecular flexibility index (Phi) is 11.3. The molecule has 0 spiro atoms. The third kappa shape index (κ3) is 6.31. The molecule has 5 heteroatoms. The minimum Gasteiger partial charge on any atom is -0.361 e. The molecule has 2 heterocycles. The molecule has 0 aliphatic carbocycles. The van der Waals surface area contributed by atoms with Crippen molar-refractivity contribution >= 4 is 0 Å². The molecule has 2 aromatic heterocycles. The van der Waals surface area contributed by atoms with Crippen molar-refractivity contribution in [1.29, 1.82) is 0 Å². The minimum atomic E-state index is -0.157. The summed E-state index contributed by atoms with van der Waals surface area (Å²) in [4.78, 5) is 12.0. The normalized spacial score (nSPS) is 10.7. The van der Waals surface area contributed by atoms with Gasteiger partial charge in [0.15, 0.2) is 0 Å². The molecule has 2 aromatic rings. The maximum absolute atomic E-state index is 12.0. The lowest BCUT2D eigenvalue weighted by molar-refractivity contribution is 0.393. The van der Waals surface area contributed by atoms with Crippen molar-refractivity contribution in [3.05, 3.63) is 70.4 Å². The monoisotopic (exact) mass is 357 g/mol. The zero-order chi connectivity index (χ0) is 20.1. The Hall–Kier alpha value is -2.69. The van der Waals surface area contributed by atoms with E-state index < -0.39 is 0 Å². The van der Waals surface area contributed by atoms with Gasteiger partial charge in [-0.3, -0.25) is 4.79 Å². The minimum absolute atomic E-state index is 0.157. The van der Waals surface area contributed by atoms with Crippen molar-refractivity contribution in [3.63, 3.8) is 0 Å². The van der Waals surface area contributed by atoms with E-state index in [1.807, 2.05) is 66.7 Å². The molecule has 2 rings (SSSR count). The quantitative estimate of drug-likeness (QED) is 0.685. The molecule has 0 aliphatic heterocycles. The summed E-state index contributed by atoms with van der Waals surface area (Å²) in [5.41, 5.74) is 3.05. The van der Waals surface area contributed by atoms with Crippen molar-refractivity contribution in [3.8, 4) is 11.3 Å². The predicted octanol–water partition coefficient (Wildman–Crippen LogP) is 5.26. The standard InChI is InChI=1S/C17H19N3O2.2C2H6/c1-5-7-14(8-6-2)11-20-16(21)10-9-15(18-20)17-12(3)19-22-13(17)4;2*1-2/h5-10H,1,11H2,2-4H3;2*1-2H3/b8-6-,14-7+;;. The molecule has 142 valence electrons. The van der Waals surface area contributed by atoms with Gasteiger partial charge in [-0.1, -0.05) is 63.7 Å². The molecule has 26 heavy (non-hydrogen) atoms. The van der Waals surface area contributed by atoms with Crippen LogP contribution in [-0.2, 0) is 6.54 Å². The van der Waals surface area contributed by atoms with Gasteiger partial charge in [0.25, 0.3) is 5.56 Å². The van der Waals surface area contributed by atoms with Crippen LogP contribution in [0.5, 0.6) is 0 Å². The molecule has 0 aromatic carbocycles. The van der Waals surface area contributed by atoms with Crippen LogP contribution in [0.15, 0.2) is 57.9 Å². The second-order valence-electron chi connectivity index (χ2n) is 4.89. The number of allylic oxidation sites excluding steroid dienone is 5. The van der Waals surface area contributed by atoms with Gasteiger partial charge in [0, 0.05) is 6.07 Å². The fourth-order valence-electron chi connectivity index (χ4n) is 2.24. The van der Waals surface area contributed by atoms with Crippen molar-refractivity contribution in [2.24, 2.45) is 0 Å². The SMILES string of the molecule is C=C/C=C(\C=C/C)Cn1nc(-c2c(C)noc2C)ccc1=O.CC.CC. The summed E-state index contributed by atoms with van der Waals surface area (Å²) < 4.78 is 6.59. The Labute approximate surface area is 156 Å². The second kappa shape index (κ2) is 12.6. The van der Waals surface area contributed by atoms with Crippen LogP contribution in [0.25, 0.3) is 11.3 Å². The van der Waals surface area contributed by atoms with E-state index in [-0.39, 0.29) is 5.56 Å². The third-order valence-electron chi connectivity index (χ3n) is 3.20. The summed E-state index contributed by atoms with van der Waals surface area (Å²) in [5, 5.41) is 8.36. The van der Waals surface area contributed by atoms with Crippen LogP contribution in [0.2, 0.25) is 0 Å². The lowest BCUT2D eigenvalue weighted by Gasteiger charge is -2.07. The molecule has 0 saturated carbocycles. The van der Waals surface area contributed by atoms with Gasteiger partial charge < -0.3 is 4.52 Å². The van der Waals surface area contributed by atoms with Crippen molar-refractivity contribution in [1.82, 2.24) is 14.9 Å². The van der Waals surface area contributed by atoms with Crippen LogP contribution < -0.4 is 5.56 Å². The number of nitrogens with zero attached hydrogens (tertiary/aromatic N) is 3. The Bertz CT molecular complexity index is 776. The number of aromatic nitrogens is 3. The van der Waals surface area contributed by atoms with Crippen molar-refractivity contribution in [2.45, 2.75) is 55.0 Å². The van der Waals surface area contributed by atoms with Gasteiger partial charge in [-0.2, -0.15) is 5.10 Å².